The van der Waals surface area contributed by atoms with E-state index in [0.717, 1.165) is 21.6 Å². The van der Waals surface area contributed by atoms with Crippen molar-refractivity contribution in [1.82, 2.24) is 10.1 Å². The van der Waals surface area contributed by atoms with Gasteiger partial charge >= 0.3 is 0 Å². The molecule has 1 N–H and O–H groups in total. The molecule has 0 aliphatic rings. The Bertz CT molecular complexity index is 1110. The number of benzene rings is 2. The molecule has 0 aliphatic carbocycles. The van der Waals surface area contributed by atoms with Crippen molar-refractivity contribution in [3.63, 3.8) is 0 Å². The van der Waals surface area contributed by atoms with Crippen molar-refractivity contribution in [3.8, 4) is 22.2 Å². The van der Waals surface area contributed by atoms with Crippen molar-refractivity contribution in [2.24, 2.45) is 0 Å². The van der Waals surface area contributed by atoms with Crippen molar-refractivity contribution < 1.29 is 9.32 Å². The molecule has 0 radical (unpaired) electrons. The van der Waals surface area contributed by atoms with Crippen molar-refractivity contribution in [1.29, 1.82) is 0 Å². The molecule has 0 bridgehead atoms. The molecule has 2 aromatic heterocycles. The molecule has 0 fully saturated rings. The first-order valence-electron chi connectivity index (χ1n) is 8.93. The summed E-state index contributed by atoms with van der Waals surface area (Å²) >= 11 is 1.45. The predicted octanol–water partition coefficient (Wildman–Crippen LogP) is 5.26. The normalized spacial score (nSPS) is 10.8. The molecule has 4 rings (SSSR count). The highest BCUT2D eigenvalue weighted by atomic mass is 32.1. The highest BCUT2D eigenvalue weighted by Crippen LogP contribution is 2.33. The molecular formula is C22H19N3O2S. The number of carbonyl (C=O) groups is 1. The average molecular weight is 389 g/mol. The molecule has 140 valence electrons. The minimum atomic E-state index is -0.0766. The van der Waals surface area contributed by atoms with Gasteiger partial charge in [-0.2, -0.15) is 4.98 Å². The molecule has 1 amide bonds. The lowest BCUT2D eigenvalue weighted by atomic mass is 10.1. The van der Waals surface area contributed by atoms with Crippen LogP contribution in [0.15, 0.2) is 64.5 Å². The zero-order valence-corrected chi connectivity index (χ0v) is 16.4. The molecule has 0 aliphatic heterocycles. The van der Waals surface area contributed by atoms with Gasteiger partial charge in [0, 0.05) is 5.56 Å². The SMILES string of the molecule is Cc1ccc(-c2noc(-c3sccc3NC(=O)Cc3ccccc3C)n2)cc1. The van der Waals surface area contributed by atoms with Gasteiger partial charge in [0.1, 0.15) is 4.88 Å². The van der Waals surface area contributed by atoms with Gasteiger partial charge in [0.2, 0.25) is 11.7 Å². The van der Waals surface area contributed by atoms with Gasteiger partial charge in [-0.1, -0.05) is 59.3 Å². The number of anilines is 1. The molecule has 0 saturated heterocycles. The van der Waals surface area contributed by atoms with Crippen LogP contribution in [0, 0.1) is 13.8 Å². The van der Waals surface area contributed by atoms with Crippen molar-refractivity contribution >= 4 is 22.9 Å². The summed E-state index contributed by atoms with van der Waals surface area (Å²) in [6, 6.07) is 17.7. The maximum atomic E-state index is 12.5. The van der Waals surface area contributed by atoms with E-state index in [0.29, 0.717) is 23.8 Å². The number of rotatable bonds is 5. The summed E-state index contributed by atoms with van der Waals surface area (Å²) in [6.45, 7) is 4.03. The third-order valence-corrected chi connectivity index (χ3v) is 5.38. The van der Waals surface area contributed by atoms with Crippen LogP contribution in [-0.2, 0) is 11.2 Å². The minimum Gasteiger partial charge on any atom is -0.333 e. The van der Waals surface area contributed by atoms with Crippen LogP contribution in [0.2, 0.25) is 0 Å². The summed E-state index contributed by atoms with van der Waals surface area (Å²) in [5.74, 6) is 0.851. The molecular weight excluding hydrogens is 370 g/mol. The number of aryl methyl sites for hydroxylation is 2. The second kappa shape index (κ2) is 7.78. The standard InChI is InChI=1S/C22H19N3O2S/c1-14-7-9-16(10-8-14)21-24-22(27-25-21)20-18(11-12-28-20)23-19(26)13-17-6-4-3-5-15(17)2/h3-12H,13H2,1-2H3,(H,23,26). The van der Waals surface area contributed by atoms with E-state index in [1.165, 1.54) is 16.9 Å². The zero-order valence-electron chi connectivity index (χ0n) is 15.6. The third-order valence-electron chi connectivity index (χ3n) is 4.48. The van der Waals surface area contributed by atoms with Crippen LogP contribution in [0.1, 0.15) is 16.7 Å². The number of nitrogens with zero attached hydrogens (tertiary/aromatic N) is 2. The number of hydrogen-bond donors (Lipinski definition) is 1. The monoisotopic (exact) mass is 389 g/mol. The number of hydrogen-bond acceptors (Lipinski definition) is 5. The highest BCUT2D eigenvalue weighted by Gasteiger charge is 2.17. The summed E-state index contributed by atoms with van der Waals surface area (Å²) in [6.07, 6.45) is 0.320. The fourth-order valence-electron chi connectivity index (χ4n) is 2.88. The van der Waals surface area contributed by atoms with Crippen LogP contribution in [0.3, 0.4) is 0 Å². The Morgan fingerprint density at radius 3 is 2.64 bits per heavy atom. The molecule has 2 aromatic carbocycles. The number of thiophene rings is 1. The first kappa shape index (κ1) is 18.1. The summed E-state index contributed by atoms with van der Waals surface area (Å²) in [7, 11) is 0. The minimum absolute atomic E-state index is 0.0766. The van der Waals surface area contributed by atoms with Crippen molar-refractivity contribution in [2.45, 2.75) is 20.3 Å². The largest absolute Gasteiger partial charge is 0.333 e. The van der Waals surface area contributed by atoms with Crippen LogP contribution in [0.5, 0.6) is 0 Å². The van der Waals surface area contributed by atoms with Gasteiger partial charge in [-0.05, 0) is 36.4 Å². The Hall–Kier alpha value is -3.25. The van der Waals surface area contributed by atoms with Gasteiger partial charge in [-0.15, -0.1) is 11.3 Å². The Morgan fingerprint density at radius 1 is 1.07 bits per heavy atom. The Labute approximate surface area is 167 Å². The van der Waals surface area contributed by atoms with E-state index in [4.69, 9.17) is 4.52 Å². The molecule has 0 saturated carbocycles. The van der Waals surface area contributed by atoms with E-state index in [9.17, 15) is 4.79 Å². The lowest BCUT2D eigenvalue weighted by Crippen LogP contribution is -2.15. The van der Waals surface area contributed by atoms with E-state index in [2.05, 4.69) is 15.5 Å². The quantitative estimate of drug-likeness (QED) is 0.505. The molecule has 0 unspecified atom stereocenters. The predicted molar refractivity (Wildman–Crippen MR) is 111 cm³/mol. The molecule has 5 nitrogen and oxygen atoms in total. The first-order chi connectivity index (χ1) is 13.6. The molecule has 0 spiro atoms. The zero-order chi connectivity index (χ0) is 19.5. The van der Waals surface area contributed by atoms with E-state index < -0.39 is 0 Å². The van der Waals surface area contributed by atoms with Crippen LogP contribution >= 0.6 is 11.3 Å². The summed E-state index contributed by atoms with van der Waals surface area (Å²) in [5.41, 5.74) is 4.86. The summed E-state index contributed by atoms with van der Waals surface area (Å²) < 4.78 is 5.45. The fraction of sp³-hybridized carbons (Fsp3) is 0.136. The first-order valence-corrected chi connectivity index (χ1v) is 9.81. The van der Waals surface area contributed by atoms with E-state index >= 15 is 0 Å². The van der Waals surface area contributed by atoms with E-state index in [1.54, 1.807) is 0 Å². The molecule has 2 heterocycles. The topological polar surface area (TPSA) is 68.0 Å². The highest BCUT2D eigenvalue weighted by molar-refractivity contribution is 7.14. The lowest BCUT2D eigenvalue weighted by molar-refractivity contribution is -0.115. The Morgan fingerprint density at radius 2 is 1.86 bits per heavy atom. The van der Waals surface area contributed by atoms with Crippen molar-refractivity contribution in [3.05, 3.63) is 76.7 Å². The number of nitrogens with one attached hydrogen (secondary N) is 1. The molecule has 0 atom stereocenters. The fourth-order valence-corrected chi connectivity index (χ4v) is 3.65. The van der Waals surface area contributed by atoms with Gasteiger partial charge in [0.25, 0.3) is 5.89 Å². The second-order valence-corrected chi connectivity index (χ2v) is 7.52. The number of amides is 1. The molecule has 6 heteroatoms. The second-order valence-electron chi connectivity index (χ2n) is 6.60. The van der Waals surface area contributed by atoms with Crippen molar-refractivity contribution in [2.75, 3.05) is 5.32 Å². The lowest BCUT2D eigenvalue weighted by Gasteiger charge is -2.07. The van der Waals surface area contributed by atoms with Gasteiger partial charge in [0.15, 0.2) is 0 Å². The summed E-state index contributed by atoms with van der Waals surface area (Å²) in [4.78, 5) is 17.8. The Balaban J connectivity index is 1.52. The van der Waals surface area contributed by atoms with E-state index in [1.807, 2.05) is 73.8 Å². The maximum Gasteiger partial charge on any atom is 0.270 e. The van der Waals surface area contributed by atoms with E-state index in [-0.39, 0.29) is 5.91 Å². The van der Waals surface area contributed by atoms with Crippen LogP contribution < -0.4 is 5.32 Å². The van der Waals surface area contributed by atoms with Crippen LogP contribution in [0.4, 0.5) is 5.69 Å². The average Bonchev–Trinajstić information content (AvgIpc) is 3.33. The number of carbonyl (C=O) groups excluding carboxylic acids is 1. The molecule has 4 aromatic rings. The molecule has 28 heavy (non-hydrogen) atoms. The third kappa shape index (κ3) is 3.87. The van der Waals surface area contributed by atoms with Gasteiger partial charge < -0.3 is 9.84 Å². The van der Waals surface area contributed by atoms with Gasteiger partial charge in [-0.3, -0.25) is 4.79 Å². The summed E-state index contributed by atoms with van der Waals surface area (Å²) in [5, 5.41) is 8.94. The maximum absolute atomic E-state index is 12.5. The van der Waals surface area contributed by atoms with Gasteiger partial charge in [-0.25, -0.2) is 0 Å². The Kier molecular flexibility index (Phi) is 5.04. The number of aromatic nitrogens is 2. The van der Waals surface area contributed by atoms with Crippen LogP contribution in [-0.4, -0.2) is 16.0 Å². The smallest absolute Gasteiger partial charge is 0.270 e. The van der Waals surface area contributed by atoms with Crippen LogP contribution in [0.25, 0.3) is 22.2 Å². The van der Waals surface area contributed by atoms with Gasteiger partial charge in [0.05, 0.1) is 12.1 Å².